The highest BCUT2D eigenvalue weighted by atomic mass is 14.3. The maximum absolute atomic E-state index is 2.35. The lowest BCUT2D eigenvalue weighted by Gasteiger charge is -2.32. The van der Waals surface area contributed by atoms with Crippen molar-refractivity contribution in [2.24, 2.45) is 5.92 Å². The van der Waals surface area contributed by atoms with Crippen molar-refractivity contribution in [3.05, 3.63) is 71.8 Å². The quantitative estimate of drug-likeness (QED) is 0.714. The number of rotatable bonds is 4. The van der Waals surface area contributed by atoms with Gasteiger partial charge >= 0.3 is 0 Å². The molecule has 0 nitrogen and oxygen atoms in total. The summed E-state index contributed by atoms with van der Waals surface area (Å²) in [5, 5.41) is 0. The van der Waals surface area contributed by atoms with Crippen LogP contribution in [0.5, 0.6) is 0 Å². The molecule has 1 unspecified atom stereocenters. The topological polar surface area (TPSA) is 0 Å². The maximum atomic E-state index is 2.35. The fraction of sp³-hybridized carbons (Fsp3) is 0.333. The van der Waals surface area contributed by atoms with Gasteiger partial charge in [0.25, 0.3) is 0 Å². The van der Waals surface area contributed by atoms with Gasteiger partial charge in [-0.05, 0) is 28.9 Å². The Morgan fingerprint density at radius 3 is 1.89 bits per heavy atom. The van der Waals surface area contributed by atoms with E-state index in [1.165, 1.54) is 11.1 Å². The number of hydrogen-bond acceptors (Lipinski definition) is 0. The van der Waals surface area contributed by atoms with Gasteiger partial charge in [-0.2, -0.15) is 0 Å². The van der Waals surface area contributed by atoms with Gasteiger partial charge in [-0.15, -0.1) is 0 Å². The first-order valence-corrected chi connectivity index (χ1v) is 6.70. The number of benzene rings is 2. The van der Waals surface area contributed by atoms with E-state index < -0.39 is 0 Å². The lowest BCUT2D eigenvalue weighted by Crippen LogP contribution is -2.28. The molecule has 0 N–H and O–H groups in total. The van der Waals surface area contributed by atoms with E-state index in [1.54, 1.807) is 0 Å². The largest absolute Gasteiger partial charge is 0.0622 e. The van der Waals surface area contributed by atoms with Gasteiger partial charge in [0.05, 0.1) is 0 Å². The molecule has 0 heterocycles. The minimum Gasteiger partial charge on any atom is -0.0622 e. The van der Waals surface area contributed by atoms with E-state index in [0.29, 0.717) is 5.92 Å². The van der Waals surface area contributed by atoms with Crippen LogP contribution in [-0.2, 0) is 11.8 Å². The normalized spacial score (nSPS) is 13.3. The Balaban J connectivity index is 2.15. The van der Waals surface area contributed by atoms with Gasteiger partial charge in [0.15, 0.2) is 0 Å². The highest BCUT2D eigenvalue weighted by Crippen LogP contribution is 2.33. The summed E-state index contributed by atoms with van der Waals surface area (Å²) >= 11 is 0. The zero-order valence-electron chi connectivity index (χ0n) is 11.6. The van der Waals surface area contributed by atoms with Crippen LogP contribution in [0.3, 0.4) is 0 Å². The van der Waals surface area contributed by atoms with Crippen LogP contribution >= 0.6 is 0 Å². The second-order valence-corrected chi connectivity index (χ2v) is 5.68. The monoisotopic (exact) mass is 238 g/mol. The predicted molar refractivity (Wildman–Crippen MR) is 78.8 cm³/mol. The van der Waals surface area contributed by atoms with E-state index in [4.69, 9.17) is 0 Å². The zero-order valence-corrected chi connectivity index (χ0v) is 11.6. The van der Waals surface area contributed by atoms with E-state index >= 15 is 0 Å². The molecule has 94 valence electrons. The third-order valence-electron chi connectivity index (χ3n) is 4.13. The fourth-order valence-corrected chi connectivity index (χ4v) is 2.38. The van der Waals surface area contributed by atoms with Crippen molar-refractivity contribution < 1.29 is 0 Å². The highest BCUT2D eigenvalue weighted by Gasteiger charge is 2.27. The van der Waals surface area contributed by atoms with E-state index in [1.807, 2.05) is 0 Å². The van der Waals surface area contributed by atoms with Gasteiger partial charge in [0.1, 0.15) is 0 Å². The molecular weight excluding hydrogens is 216 g/mol. The van der Waals surface area contributed by atoms with Gasteiger partial charge in [-0.25, -0.2) is 0 Å². The lowest BCUT2D eigenvalue weighted by atomic mass is 9.72. The Hall–Kier alpha value is -1.56. The molecular formula is C18H22. The predicted octanol–water partition coefficient (Wildman–Crippen LogP) is 4.84. The standard InChI is InChI=1S/C18H22/c1-15(14-16-10-6-4-7-11-16)18(2,3)17-12-8-5-9-13-17/h4-13,15H,14H2,1-3H3. The smallest absolute Gasteiger partial charge is 0.00748 e. The molecule has 2 aromatic carbocycles. The molecule has 0 fully saturated rings. The first-order valence-electron chi connectivity index (χ1n) is 6.70. The Labute approximate surface area is 111 Å². The Morgan fingerprint density at radius 1 is 0.833 bits per heavy atom. The first-order chi connectivity index (χ1) is 8.60. The summed E-state index contributed by atoms with van der Waals surface area (Å²) < 4.78 is 0. The Bertz CT molecular complexity index is 468. The Kier molecular flexibility index (Phi) is 3.86. The molecule has 0 aromatic heterocycles. The second-order valence-electron chi connectivity index (χ2n) is 5.68. The third kappa shape index (κ3) is 2.81. The third-order valence-corrected chi connectivity index (χ3v) is 4.13. The summed E-state index contributed by atoms with van der Waals surface area (Å²) in [6, 6.07) is 21.6. The number of hydrogen-bond donors (Lipinski definition) is 0. The fourth-order valence-electron chi connectivity index (χ4n) is 2.38. The van der Waals surface area contributed by atoms with Crippen molar-refractivity contribution in [2.75, 3.05) is 0 Å². The van der Waals surface area contributed by atoms with Crippen LogP contribution in [0.15, 0.2) is 60.7 Å². The van der Waals surface area contributed by atoms with Crippen LogP contribution in [-0.4, -0.2) is 0 Å². The molecule has 2 aromatic rings. The summed E-state index contributed by atoms with van der Waals surface area (Å²) in [6.45, 7) is 7.03. The van der Waals surface area contributed by atoms with Crippen molar-refractivity contribution in [3.63, 3.8) is 0 Å². The minimum absolute atomic E-state index is 0.205. The van der Waals surface area contributed by atoms with Gasteiger partial charge in [0.2, 0.25) is 0 Å². The van der Waals surface area contributed by atoms with E-state index in [9.17, 15) is 0 Å². The lowest BCUT2D eigenvalue weighted by molar-refractivity contribution is 0.342. The average Bonchev–Trinajstić information content (AvgIpc) is 2.41. The van der Waals surface area contributed by atoms with E-state index in [-0.39, 0.29) is 5.41 Å². The summed E-state index contributed by atoms with van der Waals surface area (Å²) in [7, 11) is 0. The van der Waals surface area contributed by atoms with Crippen molar-refractivity contribution >= 4 is 0 Å². The molecule has 2 rings (SSSR count). The first kappa shape index (κ1) is 12.9. The summed E-state index contributed by atoms with van der Waals surface area (Å²) in [4.78, 5) is 0. The van der Waals surface area contributed by atoms with Gasteiger partial charge < -0.3 is 0 Å². The van der Waals surface area contributed by atoms with Gasteiger partial charge in [-0.3, -0.25) is 0 Å². The molecule has 0 amide bonds. The highest BCUT2D eigenvalue weighted by molar-refractivity contribution is 5.25. The molecule has 0 heteroatoms. The van der Waals surface area contributed by atoms with Crippen LogP contribution in [0.4, 0.5) is 0 Å². The van der Waals surface area contributed by atoms with E-state index in [2.05, 4.69) is 81.4 Å². The van der Waals surface area contributed by atoms with Crippen LogP contribution in [0.1, 0.15) is 31.9 Å². The molecule has 0 spiro atoms. The summed E-state index contributed by atoms with van der Waals surface area (Å²) in [5.41, 5.74) is 3.05. The molecule has 18 heavy (non-hydrogen) atoms. The maximum Gasteiger partial charge on any atom is -0.00748 e. The zero-order chi connectivity index (χ0) is 13.0. The second kappa shape index (κ2) is 5.39. The Morgan fingerprint density at radius 2 is 1.33 bits per heavy atom. The minimum atomic E-state index is 0.205. The SMILES string of the molecule is CC(Cc1ccccc1)C(C)(C)c1ccccc1. The van der Waals surface area contributed by atoms with Gasteiger partial charge in [-0.1, -0.05) is 81.4 Å². The molecule has 0 aliphatic rings. The average molecular weight is 238 g/mol. The molecule has 0 saturated heterocycles. The summed E-state index contributed by atoms with van der Waals surface area (Å²) in [5.74, 6) is 0.613. The van der Waals surface area contributed by atoms with Crippen molar-refractivity contribution in [2.45, 2.75) is 32.6 Å². The molecule has 0 aliphatic heterocycles. The van der Waals surface area contributed by atoms with Gasteiger partial charge in [0, 0.05) is 0 Å². The van der Waals surface area contributed by atoms with Crippen molar-refractivity contribution in [3.8, 4) is 0 Å². The van der Waals surface area contributed by atoms with Crippen LogP contribution < -0.4 is 0 Å². The van der Waals surface area contributed by atoms with Crippen LogP contribution in [0.25, 0.3) is 0 Å². The van der Waals surface area contributed by atoms with Crippen molar-refractivity contribution in [1.82, 2.24) is 0 Å². The van der Waals surface area contributed by atoms with E-state index in [0.717, 1.165) is 6.42 Å². The summed E-state index contributed by atoms with van der Waals surface area (Å²) in [6.07, 6.45) is 1.13. The molecule has 0 radical (unpaired) electrons. The molecule has 0 saturated carbocycles. The molecule has 0 aliphatic carbocycles. The van der Waals surface area contributed by atoms with Crippen LogP contribution in [0, 0.1) is 5.92 Å². The van der Waals surface area contributed by atoms with Crippen LogP contribution in [0.2, 0.25) is 0 Å². The molecule has 1 atom stereocenters. The molecule has 0 bridgehead atoms. The van der Waals surface area contributed by atoms with Crippen molar-refractivity contribution in [1.29, 1.82) is 0 Å².